The van der Waals surface area contributed by atoms with E-state index in [-0.39, 0.29) is 0 Å². The van der Waals surface area contributed by atoms with Crippen molar-refractivity contribution < 1.29 is 0 Å². The van der Waals surface area contributed by atoms with E-state index in [1.54, 1.807) is 0 Å². The molecule has 2 aromatic rings. The fourth-order valence-corrected chi connectivity index (χ4v) is 3.85. The predicted molar refractivity (Wildman–Crippen MR) is 81.4 cm³/mol. The summed E-state index contributed by atoms with van der Waals surface area (Å²) in [7, 11) is 0. The van der Waals surface area contributed by atoms with Crippen molar-refractivity contribution in [3.63, 3.8) is 0 Å². The summed E-state index contributed by atoms with van der Waals surface area (Å²) in [5.74, 6) is 1.79. The molecule has 0 aliphatic heterocycles. The Balaban J connectivity index is 1.61. The molecule has 1 aromatic carbocycles. The predicted octanol–water partition coefficient (Wildman–Crippen LogP) is 5.14. The zero-order valence-corrected chi connectivity index (χ0v) is 11.8. The Bertz CT molecular complexity index is 517. The first kappa shape index (κ1) is 12.0. The molecule has 1 heterocycles. The quantitative estimate of drug-likeness (QED) is 0.804. The first-order chi connectivity index (χ1) is 8.81. The van der Waals surface area contributed by atoms with E-state index in [1.807, 2.05) is 11.3 Å². The molecule has 0 spiro atoms. The fraction of sp³-hybridized carbons (Fsp3) is 0.500. The first-order valence-corrected chi connectivity index (χ1v) is 7.90. The first-order valence-electron chi connectivity index (χ1n) is 7.02. The van der Waals surface area contributed by atoms with Gasteiger partial charge in [-0.25, -0.2) is 0 Å². The maximum absolute atomic E-state index is 3.62. The lowest BCUT2D eigenvalue weighted by Crippen LogP contribution is -2.20. The maximum Gasteiger partial charge on any atom is 0.0347 e. The number of fused-ring (bicyclic) bond motifs is 1. The standard InChI is InChI=1S/C16H21NS/c1-12-3-2-4-13(9-12)11-17-15-5-6-16-14(10-15)7-8-18-16/h5-8,10,12-13,17H,2-4,9,11H2,1H3. The number of anilines is 1. The molecular formula is C16H21NS. The number of benzene rings is 1. The van der Waals surface area contributed by atoms with Crippen molar-refractivity contribution in [3.8, 4) is 0 Å². The smallest absolute Gasteiger partial charge is 0.0347 e. The van der Waals surface area contributed by atoms with Crippen LogP contribution in [0.3, 0.4) is 0 Å². The van der Waals surface area contributed by atoms with Crippen LogP contribution >= 0.6 is 11.3 Å². The molecule has 2 unspecified atom stereocenters. The van der Waals surface area contributed by atoms with Crippen LogP contribution in [0.15, 0.2) is 29.6 Å². The van der Waals surface area contributed by atoms with Crippen LogP contribution in [-0.4, -0.2) is 6.54 Å². The average molecular weight is 259 g/mol. The molecule has 0 saturated heterocycles. The van der Waals surface area contributed by atoms with Crippen LogP contribution in [0.4, 0.5) is 5.69 Å². The number of nitrogens with one attached hydrogen (secondary N) is 1. The van der Waals surface area contributed by atoms with Gasteiger partial charge in [0.25, 0.3) is 0 Å². The van der Waals surface area contributed by atoms with Gasteiger partial charge in [0.1, 0.15) is 0 Å². The average Bonchev–Trinajstić information content (AvgIpc) is 2.84. The van der Waals surface area contributed by atoms with Crippen LogP contribution in [0.25, 0.3) is 10.1 Å². The zero-order chi connectivity index (χ0) is 12.4. The lowest BCUT2D eigenvalue weighted by molar-refractivity contribution is 0.293. The van der Waals surface area contributed by atoms with E-state index in [9.17, 15) is 0 Å². The topological polar surface area (TPSA) is 12.0 Å². The van der Waals surface area contributed by atoms with Gasteiger partial charge < -0.3 is 5.32 Å². The number of rotatable bonds is 3. The van der Waals surface area contributed by atoms with Gasteiger partial charge in [-0.1, -0.05) is 19.8 Å². The van der Waals surface area contributed by atoms with Gasteiger partial charge in [-0.2, -0.15) is 0 Å². The Morgan fingerprint density at radius 1 is 1.28 bits per heavy atom. The van der Waals surface area contributed by atoms with Crippen molar-refractivity contribution in [2.24, 2.45) is 11.8 Å². The second-order valence-corrected chi connectivity index (χ2v) is 6.64. The minimum absolute atomic E-state index is 0.868. The molecule has 1 fully saturated rings. The Kier molecular flexibility index (Phi) is 3.55. The van der Waals surface area contributed by atoms with Crippen LogP contribution in [0.1, 0.15) is 32.6 Å². The van der Waals surface area contributed by atoms with Crippen molar-refractivity contribution in [3.05, 3.63) is 29.6 Å². The van der Waals surface area contributed by atoms with Gasteiger partial charge in [0.15, 0.2) is 0 Å². The molecule has 2 atom stereocenters. The Morgan fingerprint density at radius 3 is 3.11 bits per heavy atom. The molecule has 2 heteroatoms. The van der Waals surface area contributed by atoms with E-state index in [4.69, 9.17) is 0 Å². The summed E-state index contributed by atoms with van der Waals surface area (Å²) in [4.78, 5) is 0. The second-order valence-electron chi connectivity index (χ2n) is 5.69. The third kappa shape index (κ3) is 2.69. The Hall–Kier alpha value is -1.02. The van der Waals surface area contributed by atoms with Crippen molar-refractivity contribution in [2.45, 2.75) is 32.6 Å². The minimum atomic E-state index is 0.868. The number of hydrogen-bond acceptors (Lipinski definition) is 2. The van der Waals surface area contributed by atoms with Gasteiger partial charge in [-0.3, -0.25) is 0 Å². The largest absolute Gasteiger partial charge is 0.385 e. The normalized spacial score (nSPS) is 24.3. The monoisotopic (exact) mass is 259 g/mol. The lowest BCUT2D eigenvalue weighted by Gasteiger charge is -2.27. The molecule has 0 bridgehead atoms. The molecule has 96 valence electrons. The van der Waals surface area contributed by atoms with E-state index >= 15 is 0 Å². The van der Waals surface area contributed by atoms with Crippen molar-refractivity contribution in [2.75, 3.05) is 11.9 Å². The number of thiophene rings is 1. The Labute approximate surface area is 113 Å². The number of hydrogen-bond donors (Lipinski definition) is 1. The molecule has 1 nitrogen and oxygen atoms in total. The van der Waals surface area contributed by atoms with Gasteiger partial charge in [-0.05, 0) is 59.7 Å². The van der Waals surface area contributed by atoms with Gasteiger partial charge >= 0.3 is 0 Å². The van der Waals surface area contributed by atoms with E-state index < -0.39 is 0 Å². The summed E-state index contributed by atoms with van der Waals surface area (Å²) < 4.78 is 1.38. The summed E-state index contributed by atoms with van der Waals surface area (Å²) >= 11 is 1.81. The molecular weight excluding hydrogens is 238 g/mol. The van der Waals surface area contributed by atoms with Gasteiger partial charge in [0.2, 0.25) is 0 Å². The highest BCUT2D eigenvalue weighted by atomic mass is 32.1. The summed E-state index contributed by atoms with van der Waals surface area (Å²) in [5, 5.41) is 7.15. The highest BCUT2D eigenvalue weighted by molar-refractivity contribution is 7.17. The second kappa shape index (κ2) is 5.31. The summed E-state index contributed by atoms with van der Waals surface area (Å²) in [6, 6.07) is 8.92. The van der Waals surface area contributed by atoms with Crippen LogP contribution in [0.5, 0.6) is 0 Å². The molecule has 1 aromatic heterocycles. The molecule has 0 amide bonds. The SMILES string of the molecule is CC1CCCC(CNc2ccc3sccc3c2)C1. The van der Waals surface area contributed by atoms with Crippen molar-refractivity contribution >= 4 is 27.1 Å². The summed E-state index contributed by atoms with van der Waals surface area (Å²) in [5.41, 5.74) is 1.28. The zero-order valence-electron chi connectivity index (χ0n) is 11.0. The molecule has 1 saturated carbocycles. The van der Waals surface area contributed by atoms with E-state index in [2.05, 4.69) is 41.9 Å². The highest BCUT2D eigenvalue weighted by Crippen LogP contribution is 2.29. The molecule has 3 rings (SSSR count). The van der Waals surface area contributed by atoms with Crippen LogP contribution in [-0.2, 0) is 0 Å². The van der Waals surface area contributed by atoms with Crippen molar-refractivity contribution in [1.29, 1.82) is 0 Å². The fourth-order valence-electron chi connectivity index (χ4n) is 3.08. The van der Waals surface area contributed by atoms with E-state index in [0.717, 1.165) is 18.4 Å². The van der Waals surface area contributed by atoms with Gasteiger partial charge in [0.05, 0.1) is 0 Å². The lowest BCUT2D eigenvalue weighted by atomic mass is 9.82. The third-order valence-electron chi connectivity index (χ3n) is 4.09. The van der Waals surface area contributed by atoms with E-state index in [1.165, 1.54) is 41.5 Å². The minimum Gasteiger partial charge on any atom is -0.385 e. The summed E-state index contributed by atoms with van der Waals surface area (Å²) in [6.07, 6.45) is 5.64. The van der Waals surface area contributed by atoms with E-state index in [0.29, 0.717) is 0 Å². The van der Waals surface area contributed by atoms with Crippen LogP contribution < -0.4 is 5.32 Å². The maximum atomic E-state index is 3.62. The van der Waals surface area contributed by atoms with Gasteiger partial charge in [0, 0.05) is 16.9 Å². The van der Waals surface area contributed by atoms with Gasteiger partial charge in [-0.15, -0.1) is 11.3 Å². The van der Waals surface area contributed by atoms with Crippen molar-refractivity contribution in [1.82, 2.24) is 0 Å². The van der Waals surface area contributed by atoms with Crippen LogP contribution in [0.2, 0.25) is 0 Å². The molecule has 1 aliphatic carbocycles. The third-order valence-corrected chi connectivity index (χ3v) is 4.99. The molecule has 18 heavy (non-hydrogen) atoms. The summed E-state index contributed by atoms with van der Waals surface area (Å²) in [6.45, 7) is 3.53. The molecule has 0 radical (unpaired) electrons. The van der Waals surface area contributed by atoms with Crippen LogP contribution in [0, 0.1) is 11.8 Å². The Morgan fingerprint density at radius 2 is 2.22 bits per heavy atom. The highest BCUT2D eigenvalue weighted by Gasteiger charge is 2.18. The molecule has 1 aliphatic rings. The molecule has 1 N–H and O–H groups in total.